The summed E-state index contributed by atoms with van der Waals surface area (Å²) >= 11 is 5.98. The zero-order valence-corrected chi connectivity index (χ0v) is 14.8. The van der Waals surface area contributed by atoms with E-state index in [1.165, 1.54) is 0 Å². The molecule has 2 rings (SSSR count). The van der Waals surface area contributed by atoms with Crippen molar-refractivity contribution in [2.45, 2.75) is 20.4 Å². The lowest BCUT2D eigenvalue weighted by atomic mass is 10.3. The van der Waals surface area contributed by atoms with E-state index in [1.54, 1.807) is 24.4 Å². The topological polar surface area (TPSA) is 59.4 Å². The maximum Gasteiger partial charge on any atom is 0.262 e. The van der Waals surface area contributed by atoms with Crippen molar-refractivity contribution in [1.29, 1.82) is 0 Å². The molecule has 130 valence electrons. The number of halogens is 1. The molecule has 0 spiro atoms. The van der Waals surface area contributed by atoms with Gasteiger partial charge in [0.05, 0.1) is 23.5 Å². The van der Waals surface area contributed by atoms with Crippen LogP contribution in [0, 0.1) is 0 Å². The van der Waals surface area contributed by atoms with Gasteiger partial charge in [-0.25, -0.2) is 0 Å². The molecule has 1 aromatic heterocycles. The number of carbonyl (C=O) groups excluding carboxylic acids is 1. The normalized spacial score (nSPS) is 10.8. The van der Waals surface area contributed by atoms with Crippen LogP contribution in [0.4, 0.5) is 5.69 Å². The molecule has 0 aliphatic rings. The van der Waals surface area contributed by atoms with Crippen molar-refractivity contribution in [1.82, 2.24) is 14.7 Å². The van der Waals surface area contributed by atoms with E-state index in [1.807, 2.05) is 16.9 Å². The standard InChI is InChI=1S/C17H23ClN4O2/c1-3-21(4-2)9-10-22-12-14(11-19-22)20-17(23)13-24-16-8-6-5-7-15(16)18/h5-8,11-12H,3-4,9-10,13H2,1-2H3,(H,20,23). The minimum absolute atomic E-state index is 0.103. The molecule has 1 N–H and O–H groups in total. The van der Waals surface area contributed by atoms with E-state index >= 15 is 0 Å². The average Bonchev–Trinajstić information content (AvgIpc) is 3.02. The quantitative estimate of drug-likeness (QED) is 0.755. The number of ether oxygens (including phenoxy) is 1. The number of nitrogens with zero attached hydrogens (tertiary/aromatic N) is 3. The molecule has 0 saturated carbocycles. The first-order valence-corrected chi connectivity index (χ1v) is 8.42. The zero-order chi connectivity index (χ0) is 17.4. The lowest BCUT2D eigenvalue weighted by Crippen LogP contribution is -2.27. The Morgan fingerprint density at radius 1 is 1.33 bits per heavy atom. The molecule has 0 aliphatic carbocycles. The van der Waals surface area contributed by atoms with Crippen LogP contribution >= 0.6 is 11.6 Å². The number of anilines is 1. The van der Waals surface area contributed by atoms with Gasteiger partial charge in [-0.1, -0.05) is 37.6 Å². The molecule has 6 nitrogen and oxygen atoms in total. The van der Waals surface area contributed by atoms with E-state index in [4.69, 9.17) is 16.3 Å². The lowest BCUT2D eigenvalue weighted by Gasteiger charge is -2.17. The Hall–Kier alpha value is -2.05. The smallest absolute Gasteiger partial charge is 0.262 e. The number of nitrogens with one attached hydrogen (secondary N) is 1. The van der Waals surface area contributed by atoms with Gasteiger partial charge in [-0.15, -0.1) is 0 Å². The SMILES string of the molecule is CCN(CC)CCn1cc(NC(=O)COc2ccccc2Cl)cn1. The van der Waals surface area contributed by atoms with Gasteiger partial charge in [0.2, 0.25) is 0 Å². The molecule has 0 radical (unpaired) electrons. The second-order valence-corrected chi connectivity index (χ2v) is 5.69. The molecule has 0 atom stereocenters. The molecule has 0 fully saturated rings. The molecule has 1 amide bonds. The maximum atomic E-state index is 11.9. The first-order valence-electron chi connectivity index (χ1n) is 8.04. The highest BCUT2D eigenvalue weighted by molar-refractivity contribution is 6.32. The maximum absolute atomic E-state index is 11.9. The number of hydrogen-bond acceptors (Lipinski definition) is 4. The van der Waals surface area contributed by atoms with Crippen molar-refractivity contribution < 1.29 is 9.53 Å². The van der Waals surface area contributed by atoms with Gasteiger partial charge >= 0.3 is 0 Å². The summed E-state index contributed by atoms with van der Waals surface area (Å²) in [4.78, 5) is 14.3. The fraction of sp³-hybridized carbons (Fsp3) is 0.412. The molecule has 0 saturated heterocycles. The number of para-hydroxylation sites is 1. The van der Waals surface area contributed by atoms with Gasteiger partial charge in [-0.3, -0.25) is 9.48 Å². The molecule has 24 heavy (non-hydrogen) atoms. The third-order valence-electron chi connectivity index (χ3n) is 3.65. The third-order valence-corrected chi connectivity index (χ3v) is 3.96. The highest BCUT2D eigenvalue weighted by atomic mass is 35.5. The summed E-state index contributed by atoms with van der Waals surface area (Å²) in [6, 6.07) is 7.05. The van der Waals surface area contributed by atoms with Crippen LogP contribution in [-0.4, -0.2) is 46.8 Å². The first-order chi connectivity index (χ1) is 11.6. The molecule has 1 aromatic carbocycles. The number of benzene rings is 1. The zero-order valence-electron chi connectivity index (χ0n) is 14.0. The van der Waals surface area contributed by atoms with E-state index in [2.05, 4.69) is 29.2 Å². The number of hydrogen-bond donors (Lipinski definition) is 1. The summed E-state index contributed by atoms with van der Waals surface area (Å²) in [6.45, 7) is 7.91. The third kappa shape index (κ3) is 5.54. The second kappa shape index (κ2) is 9.30. The van der Waals surface area contributed by atoms with Crippen molar-refractivity contribution in [3.8, 4) is 5.75 Å². The van der Waals surface area contributed by atoms with Crippen LogP contribution in [0.5, 0.6) is 5.75 Å². The Labute approximate surface area is 147 Å². The molecule has 1 heterocycles. The van der Waals surface area contributed by atoms with E-state index in [0.717, 1.165) is 26.2 Å². The van der Waals surface area contributed by atoms with E-state index in [0.29, 0.717) is 16.5 Å². The Bertz CT molecular complexity index is 656. The summed E-state index contributed by atoms with van der Waals surface area (Å²) in [7, 11) is 0. The van der Waals surface area contributed by atoms with Gasteiger partial charge in [-0.05, 0) is 25.2 Å². The molecule has 0 aliphatic heterocycles. The number of aromatic nitrogens is 2. The Morgan fingerprint density at radius 2 is 2.08 bits per heavy atom. The van der Waals surface area contributed by atoms with Crippen LogP contribution in [0.15, 0.2) is 36.7 Å². The van der Waals surface area contributed by atoms with Gasteiger partial charge < -0.3 is 15.0 Å². The summed E-state index contributed by atoms with van der Waals surface area (Å²) in [5, 5.41) is 7.50. The van der Waals surface area contributed by atoms with Crippen molar-refractivity contribution in [2.24, 2.45) is 0 Å². The van der Waals surface area contributed by atoms with Crippen molar-refractivity contribution >= 4 is 23.2 Å². The molecule has 0 unspecified atom stereocenters. The molecule has 2 aromatic rings. The summed E-state index contributed by atoms with van der Waals surface area (Å²) in [6.07, 6.45) is 3.45. The van der Waals surface area contributed by atoms with Crippen LogP contribution < -0.4 is 10.1 Å². The van der Waals surface area contributed by atoms with Crippen LogP contribution in [0.25, 0.3) is 0 Å². The molecular weight excluding hydrogens is 328 g/mol. The first kappa shape index (κ1) is 18.3. The van der Waals surface area contributed by atoms with Gasteiger partial charge in [0.25, 0.3) is 5.91 Å². The predicted molar refractivity (Wildman–Crippen MR) is 95.6 cm³/mol. The van der Waals surface area contributed by atoms with Gasteiger partial charge in [0.15, 0.2) is 6.61 Å². The van der Waals surface area contributed by atoms with Gasteiger partial charge in [0.1, 0.15) is 5.75 Å². The number of amides is 1. The Balaban J connectivity index is 1.79. The summed E-state index contributed by atoms with van der Waals surface area (Å²) in [5.74, 6) is 0.238. The van der Waals surface area contributed by atoms with Crippen molar-refractivity contribution in [3.63, 3.8) is 0 Å². The summed E-state index contributed by atoms with van der Waals surface area (Å²) in [5.41, 5.74) is 0.655. The Kier molecular flexibility index (Phi) is 7.08. The molecule has 0 bridgehead atoms. The van der Waals surface area contributed by atoms with E-state index in [-0.39, 0.29) is 12.5 Å². The number of rotatable bonds is 9. The Morgan fingerprint density at radius 3 is 2.79 bits per heavy atom. The largest absolute Gasteiger partial charge is 0.482 e. The van der Waals surface area contributed by atoms with Gasteiger partial charge in [0, 0.05) is 12.7 Å². The fourth-order valence-electron chi connectivity index (χ4n) is 2.24. The highest BCUT2D eigenvalue weighted by Crippen LogP contribution is 2.22. The van der Waals surface area contributed by atoms with Crippen molar-refractivity contribution in [2.75, 3.05) is 31.6 Å². The summed E-state index contributed by atoms with van der Waals surface area (Å²) < 4.78 is 7.23. The fourth-order valence-corrected chi connectivity index (χ4v) is 2.43. The average molecular weight is 351 g/mol. The van der Waals surface area contributed by atoms with Crippen LogP contribution in [0.2, 0.25) is 5.02 Å². The highest BCUT2D eigenvalue weighted by Gasteiger charge is 2.08. The predicted octanol–water partition coefficient (Wildman–Crippen LogP) is 2.90. The van der Waals surface area contributed by atoms with E-state index < -0.39 is 0 Å². The molecular formula is C17H23ClN4O2. The minimum atomic E-state index is -0.252. The van der Waals surface area contributed by atoms with Crippen LogP contribution in [0.1, 0.15) is 13.8 Å². The minimum Gasteiger partial charge on any atom is -0.482 e. The van der Waals surface area contributed by atoms with Crippen LogP contribution in [-0.2, 0) is 11.3 Å². The van der Waals surface area contributed by atoms with Crippen molar-refractivity contribution in [3.05, 3.63) is 41.7 Å². The lowest BCUT2D eigenvalue weighted by molar-refractivity contribution is -0.118. The molecule has 7 heteroatoms. The number of carbonyl (C=O) groups is 1. The van der Waals surface area contributed by atoms with Crippen LogP contribution in [0.3, 0.4) is 0 Å². The number of likely N-dealkylation sites (N-methyl/N-ethyl adjacent to an activating group) is 1. The second-order valence-electron chi connectivity index (χ2n) is 5.29. The van der Waals surface area contributed by atoms with Gasteiger partial charge in [-0.2, -0.15) is 5.10 Å². The van der Waals surface area contributed by atoms with E-state index in [9.17, 15) is 4.79 Å². The monoisotopic (exact) mass is 350 g/mol.